The van der Waals surface area contributed by atoms with Gasteiger partial charge in [-0.25, -0.2) is 14.4 Å². The van der Waals surface area contributed by atoms with Crippen LogP contribution in [0.15, 0.2) is 83.5 Å². The molecule has 0 radical (unpaired) electrons. The second-order valence-electron chi connectivity index (χ2n) is 10.6. The number of fused-ring (bicyclic) bond motifs is 1. The summed E-state index contributed by atoms with van der Waals surface area (Å²) < 4.78 is 38.0. The summed E-state index contributed by atoms with van der Waals surface area (Å²) in [5, 5.41) is 4.58. The van der Waals surface area contributed by atoms with Crippen LogP contribution in [0, 0.1) is 5.82 Å². The largest absolute Gasteiger partial charge is 0.487 e. The lowest BCUT2D eigenvalue weighted by molar-refractivity contribution is 0.192. The maximum Gasteiger partial charge on any atom is 0.141 e. The number of nitrogens with zero attached hydrogens (tertiary/aromatic N) is 3. The van der Waals surface area contributed by atoms with Crippen LogP contribution in [0.5, 0.6) is 5.75 Å². The van der Waals surface area contributed by atoms with Crippen molar-refractivity contribution in [3.63, 3.8) is 0 Å². The third kappa shape index (κ3) is 7.83. The Morgan fingerprint density at radius 2 is 1.84 bits per heavy atom. The summed E-state index contributed by atoms with van der Waals surface area (Å²) in [6.45, 7) is 6.34. The van der Waals surface area contributed by atoms with Gasteiger partial charge in [-0.1, -0.05) is 37.6 Å². The van der Waals surface area contributed by atoms with Crippen LogP contribution in [0.2, 0.25) is 5.02 Å². The van der Waals surface area contributed by atoms with Crippen LogP contribution in [-0.2, 0) is 17.4 Å². The number of furan rings is 1. The number of hydrogen-bond acceptors (Lipinski definition) is 7. The van der Waals surface area contributed by atoms with Crippen LogP contribution in [0.4, 0.5) is 15.9 Å². The first-order valence-corrected chi connectivity index (χ1v) is 16.8. The van der Waals surface area contributed by atoms with Crippen molar-refractivity contribution in [3.8, 4) is 17.1 Å². The predicted octanol–water partition coefficient (Wildman–Crippen LogP) is 8.55. The van der Waals surface area contributed by atoms with Gasteiger partial charge in [0.05, 0.1) is 16.6 Å². The van der Waals surface area contributed by atoms with E-state index >= 15 is 0 Å². The zero-order valence-corrected chi connectivity index (χ0v) is 26.6. The third-order valence-electron chi connectivity index (χ3n) is 7.21. The smallest absolute Gasteiger partial charge is 0.141 e. The van der Waals surface area contributed by atoms with Gasteiger partial charge in [-0.15, -0.1) is 0 Å². The Kier molecular flexibility index (Phi) is 10.6. The average molecular weight is 635 g/mol. The van der Waals surface area contributed by atoms with Crippen molar-refractivity contribution in [1.29, 1.82) is 0 Å². The fourth-order valence-electron chi connectivity index (χ4n) is 5.20. The van der Waals surface area contributed by atoms with Gasteiger partial charge in [0.1, 0.15) is 41.8 Å². The molecular formula is C34H36ClFN4O3S. The third-order valence-corrected chi connectivity index (χ3v) is 8.29. The van der Waals surface area contributed by atoms with Crippen molar-refractivity contribution in [3.05, 3.63) is 101 Å². The Labute approximate surface area is 264 Å². The van der Waals surface area contributed by atoms with E-state index in [9.17, 15) is 8.60 Å². The van der Waals surface area contributed by atoms with Gasteiger partial charge < -0.3 is 14.5 Å². The van der Waals surface area contributed by atoms with Gasteiger partial charge in [0.25, 0.3) is 0 Å². The monoisotopic (exact) mass is 634 g/mol. The minimum atomic E-state index is -0.972. The molecule has 0 bridgehead atoms. The lowest BCUT2D eigenvalue weighted by Gasteiger charge is -2.29. The quantitative estimate of drug-likeness (QED) is 0.131. The summed E-state index contributed by atoms with van der Waals surface area (Å²) in [6.07, 6.45) is 5.28. The molecule has 0 spiro atoms. The standard InChI is InChI=1S/C34H36ClFN4O3S/c1-4-15-40(16-5-2)30(21-44(3)41)33-14-13-31(43-33)24-9-11-29-27(18-24)34(38-22-37-29)39-26-10-12-32(28(35)19-26)42-20-23-7-6-8-25(36)17-23/h6-14,17-19,22,30H,4-5,15-16,20-21H2,1-3H3,(H,37,38,39)/t30-,44?/m0/s1. The van der Waals surface area contributed by atoms with Crippen LogP contribution < -0.4 is 10.1 Å². The lowest BCUT2D eigenvalue weighted by atomic mass is 10.1. The van der Waals surface area contributed by atoms with E-state index in [2.05, 4.69) is 34.0 Å². The molecular weight excluding hydrogens is 599 g/mol. The highest BCUT2D eigenvalue weighted by Gasteiger charge is 2.24. The number of anilines is 2. The second kappa shape index (κ2) is 14.8. The molecule has 0 saturated heterocycles. The molecule has 0 fully saturated rings. The lowest BCUT2D eigenvalue weighted by Crippen LogP contribution is -2.33. The summed E-state index contributed by atoms with van der Waals surface area (Å²) >= 11 is 6.53. The molecule has 3 aromatic carbocycles. The van der Waals surface area contributed by atoms with Crippen molar-refractivity contribution in [1.82, 2.24) is 14.9 Å². The van der Waals surface area contributed by atoms with Crippen molar-refractivity contribution in [2.75, 3.05) is 30.4 Å². The molecule has 0 aliphatic carbocycles. The Bertz CT molecular complexity index is 1740. The average Bonchev–Trinajstić information content (AvgIpc) is 3.50. The summed E-state index contributed by atoms with van der Waals surface area (Å²) in [5.74, 6) is 2.85. The summed E-state index contributed by atoms with van der Waals surface area (Å²) in [4.78, 5) is 11.3. The molecule has 230 valence electrons. The minimum Gasteiger partial charge on any atom is -0.487 e. The van der Waals surface area contributed by atoms with E-state index in [0.717, 1.165) is 59.6 Å². The van der Waals surface area contributed by atoms with E-state index in [1.165, 1.54) is 18.5 Å². The fraction of sp³-hybridized carbons (Fsp3) is 0.294. The fourth-order valence-corrected chi connectivity index (χ4v) is 6.26. The molecule has 2 atom stereocenters. The van der Waals surface area contributed by atoms with E-state index < -0.39 is 10.8 Å². The Balaban J connectivity index is 1.37. The van der Waals surface area contributed by atoms with Crippen LogP contribution >= 0.6 is 11.6 Å². The van der Waals surface area contributed by atoms with Gasteiger partial charge in [-0.3, -0.25) is 9.11 Å². The first kappa shape index (κ1) is 31.6. The van der Waals surface area contributed by atoms with Crippen LogP contribution in [0.1, 0.15) is 44.1 Å². The minimum absolute atomic E-state index is 0.0546. The van der Waals surface area contributed by atoms with Gasteiger partial charge in [-0.2, -0.15) is 0 Å². The van der Waals surface area contributed by atoms with Crippen LogP contribution in [0.3, 0.4) is 0 Å². The molecule has 7 nitrogen and oxygen atoms in total. The van der Waals surface area contributed by atoms with E-state index in [1.807, 2.05) is 36.4 Å². The Morgan fingerprint density at radius 1 is 1.02 bits per heavy atom. The van der Waals surface area contributed by atoms with Gasteiger partial charge in [-0.05, 0) is 92.2 Å². The Hall–Kier alpha value is -3.79. The molecule has 0 saturated carbocycles. The number of aromatic nitrogens is 2. The maximum atomic E-state index is 13.5. The molecule has 2 heterocycles. The molecule has 10 heteroatoms. The van der Waals surface area contributed by atoms with Gasteiger partial charge >= 0.3 is 0 Å². The molecule has 44 heavy (non-hydrogen) atoms. The highest BCUT2D eigenvalue weighted by molar-refractivity contribution is 7.84. The normalized spacial score (nSPS) is 12.9. The summed E-state index contributed by atoms with van der Waals surface area (Å²) in [5.41, 5.74) is 3.09. The van der Waals surface area contributed by atoms with Crippen molar-refractivity contribution < 1.29 is 17.8 Å². The number of halogens is 2. The van der Waals surface area contributed by atoms with Crippen molar-refractivity contribution in [2.45, 2.75) is 39.3 Å². The van der Waals surface area contributed by atoms with Crippen LogP contribution in [0.25, 0.3) is 22.2 Å². The summed E-state index contributed by atoms with van der Waals surface area (Å²) in [7, 11) is -0.972. The molecule has 5 aromatic rings. The van der Waals surface area contributed by atoms with Crippen LogP contribution in [-0.4, -0.2) is 44.2 Å². The van der Waals surface area contributed by atoms with E-state index in [1.54, 1.807) is 30.5 Å². The number of nitrogens with one attached hydrogen (secondary N) is 1. The van der Waals surface area contributed by atoms with Gasteiger partial charge in [0.15, 0.2) is 0 Å². The van der Waals surface area contributed by atoms with Crippen molar-refractivity contribution in [2.24, 2.45) is 0 Å². The molecule has 5 rings (SSSR count). The number of hydrogen-bond donors (Lipinski definition) is 1. The molecule has 0 aliphatic heterocycles. The molecule has 1 N–H and O–H groups in total. The summed E-state index contributed by atoms with van der Waals surface area (Å²) in [6, 6.07) is 21.5. The maximum absolute atomic E-state index is 13.5. The zero-order chi connectivity index (χ0) is 31.1. The van der Waals surface area contributed by atoms with E-state index in [-0.39, 0.29) is 18.5 Å². The first-order chi connectivity index (χ1) is 21.3. The highest BCUT2D eigenvalue weighted by Crippen LogP contribution is 2.34. The van der Waals surface area contributed by atoms with Gasteiger partial charge in [0, 0.05) is 39.4 Å². The van der Waals surface area contributed by atoms with Crippen molar-refractivity contribution >= 4 is 44.8 Å². The predicted molar refractivity (Wildman–Crippen MR) is 177 cm³/mol. The van der Waals surface area contributed by atoms with E-state index in [4.69, 9.17) is 20.8 Å². The van der Waals surface area contributed by atoms with Gasteiger partial charge in [0.2, 0.25) is 0 Å². The van der Waals surface area contributed by atoms with E-state index in [0.29, 0.717) is 27.9 Å². The molecule has 1 unspecified atom stereocenters. The highest BCUT2D eigenvalue weighted by atomic mass is 35.5. The number of ether oxygens (including phenoxy) is 1. The SMILES string of the molecule is CCCN(CCC)[C@@H](CS(C)=O)c1ccc(-c2ccc3ncnc(Nc4ccc(OCc5cccc(F)c5)c(Cl)c4)c3c2)o1. The first-order valence-electron chi connectivity index (χ1n) is 14.7. The number of benzene rings is 3. The zero-order valence-electron chi connectivity index (χ0n) is 25.1. The Morgan fingerprint density at radius 3 is 2.57 bits per heavy atom. The number of rotatable bonds is 14. The molecule has 0 aliphatic rings. The molecule has 2 aromatic heterocycles. The molecule has 0 amide bonds. The topological polar surface area (TPSA) is 80.5 Å². The second-order valence-corrected chi connectivity index (χ2v) is 12.5.